The van der Waals surface area contributed by atoms with Gasteiger partial charge in [-0.25, -0.2) is 0 Å². The molecule has 0 fully saturated rings. The van der Waals surface area contributed by atoms with Crippen molar-refractivity contribution in [3.05, 3.63) is 0 Å². The van der Waals surface area contributed by atoms with Crippen molar-refractivity contribution < 1.29 is 9.90 Å². The van der Waals surface area contributed by atoms with E-state index in [1.807, 2.05) is 13.8 Å². The third-order valence-electron chi connectivity index (χ3n) is 1.89. The van der Waals surface area contributed by atoms with E-state index in [4.69, 9.17) is 16.7 Å². The van der Waals surface area contributed by atoms with Gasteiger partial charge < -0.3 is 5.11 Å². The van der Waals surface area contributed by atoms with Gasteiger partial charge >= 0.3 is 5.97 Å². The zero-order chi connectivity index (χ0) is 8.36. The number of halogens is 1. The lowest BCUT2D eigenvalue weighted by Gasteiger charge is -2.25. The molecule has 0 spiro atoms. The fourth-order valence-corrected chi connectivity index (χ4v) is 0.681. The molecule has 10 heavy (non-hydrogen) atoms. The van der Waals surface area contributed by atoms with Gasteiger partial charge in [0.15, 0.2) is 0 Å². The topological polar surface area (TPSA) is 37.3 Å². The largest absolute Gasteiger partial charge is 0.481 e. The molecular weight excluding hydrogens is 152 g/mol. The van der Waals surface area contributed by atoms with Crippen LogP contribution in [0.15, 0.2) is 0 Å². The number of hydrogen-bond acceptors (Lipinski definition) is 1. The Kier molecular flexibility index (Phi) is 3.16. The van der Waals surface area contributed by atoms with E-state index in [0.717, 1.165) is 0 Å². The molecule has 0 aliphatic heterocycles. The zero-order valence-electron chi connectivity index (χ0n) is 6.52. The summed E-state index contributed by atoms with van der Waals surface area (Å²) in [6.45, 7) is 5.36. The maximum absolute atomic E-state index is 10.4. The summed E-state index contributed by atoms with van der Waals surface area (Å²) in [5.41, 5.74) is -0.312. The molecule has 1 atom stereocenters. The molecule has 0 bridgehead atoms. The van der Waals surface area contributed by atoms with Crippen molar-refractivity contribution in [1.29, 1.82) is 0 Å². The highest BCUT2D eigenvalue weighted by Gasteiger charge is 2.30. The van der Waals surface area contributed by atoms with E-state index in [0.29, 0.717) is 5.88 Å². The second kappa shape index (κ2) is 3.24. The maximum atomic E-state index is 10.4. The van der Waals surface area contributed by atoms with Gasteiger partial charge in [-0.1, -0.05) is 20.8 Å². The maximum Gasteiger partial charge on any atom is 0.306 e. The summed E-state index contributed by atoms with van der Waals surface area (Å²) in [7, 11) is 0. The molecule has 2 nitrogen and oxygen atoms in total. The third-order valence-corrected chi connectivity index (χ3v) is 2.58. The third kappa shape index (κ3) is 2.18. The van der Waals surface area contributed by atoms with Crippen LogP contribution in [-0.2, 0) is 4.79 Å². The molecular formula is C7H13ClO2. The van der Waals surface area contributed by atoms with E-state index >= 15 is 0 Å². The molecule has 1 N–H and O–H groups in total. The number of rotatable bonds is 3. The molecule has 0 rings (SSSR count). The Balaban J connectivity index is 4.17. The molecule has 0 heterocycles. The lowest BCUT2D eigenvalue weighted by molar-refractivity contribution is -0.144. The fourth-order valence-electron chi connectivity index (χ4n) is 0.450. The van der Waals surface area contributed by atoms with Crippen molar-refractivity contribution in [2.45, 2.75) is 20.8 Å². The molecule has 0 radical (unpaired) electrons. The number of hydrogen-bond donors (Lipinski definition) is 1. The first-order valence-corrected chi connectivity index (χ1v) is 3.74. The average Bonchev–Trinajstić information content (AvgIpc) is 1.86. The molecule has 0 amide bonds. The van der Waals surface area contributed by atoms with E-state index in [1.54, 1.807) is 6.92 Å². The van der Waals surface area contributed by atoms with Crippen LogP contribution in [0.4, 0.5) is 0 Å². The van der Waals surface area contributed by atoms with E-state index in [9.17, 15) is 4.79 Å². The average molecular weight is 165 g/mol. The first kappa shape index (κ1) is 9.76. The van der Waals surface area contributed by atoms with Crippen molar-refractivity contribution in [3.63, 3.8) is 0 Å². The second-order valence-corrected chi connectivity index (χ2v) is 3.45. The number of aliphatic carboxylic acids is 1. The smallest absolute Gasteiger partial charge is 0.306 e. The van der Waals surface area contributed by atoms with Crippen LogP contribution in [0, 0.1) is 11.3 Å². The predicted molar refractivity (Wildman–Crippen MR) is 41.3 cm³/mol. The van der Waals surface area contributed by atoms with Gasteiger partial charge in [0.2, 0.25) is 0 Å². The highest BCUT2D eigenvalue weighted by atomic mass is 35.5. The van der Waals surface area contributed by atoms with Crippen LogP contribution in [0.2, 0.25) is 0 Å². The van der Waals surface area contributed by atoms with Crippen LogP contribution >= 0.6 is 11.6 Å². The van der Waals surface area contributed by atoms with Crippen molar-refractivity contribution in [2.24, 2.45) is 11.3 Å². The molecule has 60 valence electrons. The molecule has 0 saturated heterocycles. The Morgan fingerprint density at radius 2 is 2.10 bits per heavy atom. The monoisotopic (exact) mass is 164 g/mol. The van der Waals surface area contributed by atoms with E-state index < -0.39 is 5.97 Å². The van der Waals surface area contributed by atoms with Crippen LogP contribution in [0.1, 0.15) is 20.8 Å². The summed E-state index contributed by atoms with van der Waals surface area (Å²) >= 11 is 5.57. The summed E-state index contributed by atoms with van der Waals surface area (Å²) in [5.74, 6) is -0.795. The molecule has 0 aliphatic rings. The van der Waals surface area contributed by atoms with Gasteiger partial charge in [-0.2, -0.15) is 0 Å². The Hall–Kier alpha value is -0.240. The summed E-state index contributed by atoms with van der Waals surface area (Å²) in [5, 5.41) is 8.59. The summed E-state index contributed by atoms with van der Waals surface area (Å²) in [4.78, 5) is 10.4. The predicted octanol–water partition coefficient (Wildman–Crippen LogP) is 1.97. The Morgan fingerprint density at radius 1 is 1.70 bits per heavy atom. The Bertz CT molecular complexity index is 132. The Labute approximate surface area is 66.2 Å². The summed E-state index contributed by atoms with van der Waals surface area (Å²) in [6, 6.07) is 0. The molecule has 0 aromatic carbocycles. The molecule has 0 saturated carbocycles. The minimum absolute atomic E-state index is 0.312. The van der Waals surface area contributed by atoms with Crippen molar-refractivity contribution >= 4 is 17.6 Å². The summed E-state index contributed by atoms with van der Waals surface area (Å²) in [6.07, 6.45) is 0. The van der Waals surface area contributed by atoms with E-state index in [2.05, 4.69) is 0 Å². The molecule has 1 unspecified atom stereocenters. The minimum atomic E-state index is -0.786. The van der Waals surface area contributed by atoms with E-state index in [1.165, 1.54) is 0 Å². The normalized spacial score (nSPS) is 14.8. The van der Waals surface area contributed by atoms with Crippen molar-refractivity contribution in [2.75, 3.05) is 5.88 Å². The second-order valence-electron chi connectivity index (χ2n) is 3.18. The van der Waals surface area contributed by atoms with Crippen LogP contribution in [0.5, 0.6) is 0 Å². The van der Waals surface area contributed by atoms with Crippen LogP contribution in [-0.4, -0.2) is 17.0 Å². The van der Waals surface area contributed by atoms with Gasteiger partial charge in [0.25, 0.3) is 0 Å². The lowest BCUT2D eigenvalue weighted by Crippen LogP contribution is -2.29. The Morgan fingerprint density at radius 3 is 2.20 bits per heavy atom. The number of alkyl halides is 1. The van der Waals surface area contributed by atoms with Crippen molar-refractivity contribution in [3.8, 4) is 0 Å². The van der Waals surface area contributed by atoms with Gasteiger partial charge in [0, 0.05) is 5.88 Å². The minimum Gasteiger partial charge on any atom is -0.481 e. The fraction of sp³-hybridized carbons (Fsp3) is 0.857. The van der Waals surface area contributed by atoms with Gasteiger partial charge in [-0.05, 0) is 5.41 Å². The highest BCUT2D eigenvalue weighted by Crippen LogP contribution is 2.27. The highest BCUT2D eigenvalue weighted by molar-refractivity contribution is 6.18. The lowest BCUT2D eigenvalue weighted by atomic mass is 9.82. The molecule has 0 aliphatic carbocycles. The van der Waals surface area contributed by atoms with Gasteiger partial charge in [0.1, 0.15) is 0 Å². The number of carboxylic acid groups (broad SMARTS) is 1. The van der Waals surface area contributed by atoms with E-state index in [-0.39, 0.29) is 11.3 Å². The SMILES string of the molecule is CC(C(=O)O)C(C)(C)CCl. The molecule has 0 aromatic heterocycles. The first-order valence-electron chi connectivity index (χ1n) is 3.20. The zero-order valence-corrected chi connectivity index (χ0v) is 7.27. The number of carbonyl (C=O) groups is 1. The van der Waals surface area contributed by atoms with Crippen LogP contribution in [0.3, 0.4) is 0 Å². The quantitative estimate of drug-likeness (QED) is 0.648. The van der Waals surface area contributed by atoms with Crippen molar-refractivity contribution in [1.82, 2.24) is 0 Å². The standard InChI is InChI=1S/C7H13ClO2/c1-5(6(9)10)7(2,3)4-8/h5H,4H2,1-3H3,(H,9,10). The number of carboxylic acids is 1. The van der Waals surface area contributed by atoms with Gasteiger partial charge in [0.05, 0.1) is 5.92 Å². The van der Waals surface area contributed by atoms with Crippen LogP contribution in [0.25, 0.3) is 0 Å². The summed E-state index contributed by atoms with van der Waals surface area (Å²) < 4.78 is 0. The van der Waals surface area contributed by atoms with Gasteiger partial charge in [-0.3, -0.25) is 4.79 Å². The van der Waals surface area contributed by atoms with Gasteiger partial charge in [-0.15, -0.1) is 11.6 Å². The molecule has 0 aromatic rings. The first-order chi connectivity index (χ1) is 4.41. The van der Waals surface area contributed by atoms with Crippen LogP contribution < -0.4 is 0 Å². The molecule has 3 heteroatoms.